The fraction of sp³-hybridized carbons (Fsp3) is 0.105. The Morgan fingerprint density at radius 3 is 1.23 bits per heavy atom. The average molecular weight is 770 g/mol. The topological polar surface area (TPSA) is 38.7 Å². The summed E-state index contributed by atoms with van der Waals surface area (Å²) in [6.45, 7) is 9.50. The lowest BCUT2D eigenvalue weighted by molar-refractivity contribution is 0.652. The number of fused-ring (bicyclic) bond motifs is 6. The van der Waals surface area contributed by atoms with Gasteiger partial charge in [0, 0.05) is 27.5 Å². The summed E-state index contributed by atoms with van der Waals surface area (Å²) in [5.74, 6) is 1.94. The number of nitrogens with zero attached hydrogens (tertiary/aromatic N) is 3. The molecule has 9 aromatic rings. The predicted molar refractivity (Wildman–Crippen MR) is 248 cm³/mol. The fourth-order valence-corrected chi connectivity index (χ4v) is 9.59. The van der Waals surface area contributed by atoms with Crippen LogP contribution in [0.2, 0.25) is 0 Å². The van der Waals surface area contributed by atoms with Crippen molar-refractivity contribution in [2.24, 2.45) is 0 Å². The third-order valence-corrected chi connectivity index (χ3v) is 13.0. The van der Waals surface area contributed by atoms with Crippen molar-refractivity contribution in [1.29, 1.82) is 0 Å². The summed E-state index contributed by atoms with van der Waals surface area (Å²) in [5.41, 5.74) is 20.9. The zero-order valence-corrected chi connectivity index (χ0v) is 34.2. The van der Waals surface area contributed by atoms with Crippen molar-refractivity contribution in [3.05, 3.63) is 210 Å². The van der Waals surface area contributed by atoms with Crippen molar-refractivity contribution in [1.82, 2.24) is 15.0 Å². The van der Waals surface area contributed by atoms with Crippen LogP contribution in [0.15, 0.2) is 188 Å². The van der Waals surface area contributed by atoms with E-state index in [0.717, 1.165) is 33.4 Å². The fourth-order valence-electron chi connectivity index (χ4n) is 9.59. The summed E-state index contributed by atoms with van der Waals surface area (Å²) in [6, 6.07) is 67.5. The third-order valence-electron chi connectivity index (χ3n) is 13.0. The molecule has 0 unspecified atom stereocenters. The molecule has 0 fully saturated rings. The summed E-state index contributed by atoms with van der Waals surface area (Å²) in [4.78, 5) is 15.0. The Labute approximate surface area is 352 Å². The molecule has 1 aromatic heterocycles. The molecule has 11 rings (SSSR count). The van der Waals surface area contributed by atoms with Crippen LogP contribution in [0.3, 0.4) is 0 Å². The molecule has 0 saturated heterocycles. The Morgan fingerprint density at radius 1 is 0.250 bits per heavy atom. The van der Waals surface area contributed by atoms with Crippen LogP contribution in [0.5, 0.6) is 0 Å². The average Bonchev–Trinajstić information content (AvgIpc) is 3.67. The van der Waals surface area contributed by atoms with Crippen LogP contribution in [0.4, 0.5) is 0 Å². The van der Waals surface area contributed by atoms with Gasteiger partial charge < -0.3 is 0 Å². The van der Waals surface area contributed by atoms with E-state index in [-0.39, 0.29) is 10.8 Å². The second-order valence-electron chi connectivity index (χ2n) is 17.3. The Kier molecular flexibility index (Phi) is 8.18. The molecule has 0 radical (unpaired) electrons. The second-order valence-corrected chi connectivity index (χ2v) is 17.3. The van der Waals surface area contributed by atoms with Gasteiger partial charge in [0.05, 0.1) is 0 Å². The first-order valence-corrected chi connectivity index (χ1v) is 20.8. The Bertz CT molecular complexity index is 3110. The third kappa shape index (κ3) is 5.84. The molecule has 0 aliphatic heterocycles. The quantitative estimate of drug-likeness (QED) is 0.169. The van der Waals surface area contributed by atoms with E-state index in [9.17, 15) is 0 Å². The Balaban J connectivity index is 0.906. The molecule has 0 N–H and O–H groups in total. The highest BCUT2D eigenvalue weighted by Gasteiger charge is 2.41. The Morgan fingerprint density at radius 2 is 0.617 bits per heavy atom. The van der Waals surface area contributed by atoms with Crippen LogP contribution < -0.4 is 0 Å². The minimum atomic E-state index is -0.112. The highest BCUT2D eigenvalue weighted by Crippen LogP contribution is 2.56. The van der Waals surface area contributed by atoms with Gasteiger partial charge in [0.2, 0.25) is 0 Å². The Hall–Kier alpha value is -7.23. The number of hydrogen-bond donors (Lipinski definition) is 0. The zero-order valence-electron chi connectivity index (χ0n) is 34.2. The molecule has 0 saturated carbocycles. The van der Waals surface area contributed by atoms with Crippen LogP contribution in [-0.4, -0.2) is 15.0 Å². The molecule has 2 aliphatic rings. The largest absolute Gasteiger partial charge is 0.208 e. The molecule has 60 heavy (non-hydrogen) atoms. The number of hydrogen-bond acceptors (Lipinski definition) is 3. The molecule has 0 amide bonds. The molecule has 3 nitrogen and oxygen atoms in total. The molecule has 2 aliphatic carbocycles. The van der Waals surface area contributed by atoms with Gasteiger partial charge in [-0.25, -0.2) is 15.0 Å². The van der Waals surface area contributed by atoms with Crippen LogP contribution in [0, 0.1) is 0 Å². The molecule has 0 spiro atoms. The van der Waals surface area contributed by atoms with Gasteiger partial charge in [-0.3, -0.25) is 0 Å². The summed E-state index contributed by atoms with van der Waals surface area (Å²) < 4.78 is 0. The van der Waals surface area contributed by atoms with E-state index in [1.54, 1.807) is 0 Å². The lowest BCUT2D eigenvalue weighted by atomic mass is 9.79. The predicted octanol–water partition coefficient (Wildman–Crippen LogP) is 14.5. The van der Waals surface area contributed by atoms with Crippen molar-refractivity contribution >= 4 is 0 Å². The van der Waals surface area contributed by atoms with Gasteiger partial charge in [0.15, 0.2) is 17.5 Å². The van der Waals surface area contributed by atoms with Crippen LogP contribution >= 0.6 is 0 Å². The van der Waals surface area contributed by atoms with Gasteiger partial charge in [-0.1, -0.05) is 191 Å². The first kappa shape index (κ1) is 35.9. The van der Waals surface area contributed by atoms with Crippen molar-refractivity contribution < 1.29 is 0 Å². The molecule has 1 heterocycles. The summed E-state index contributed by atoms with van der Waals surface area (Å²) in [5, 5.41) is 0. The SMILES string of the molecule is CC1(C)c2ccccc2-c2cc3c(cc21)-c1ccc(-c2ccc(-c4cccc(-c5nc(-c6ccccc6)nc(-c6ccc(-c7ccccc7)cc6)n5)c4)cc2)cc1C3(C)C. The molecule has 8 aromatic carbocycles. The van der Waals surface area contributed by atoms with Gasteiger partial charge in [0.1, 0.15) is 0 Å². The van der Waals surface area contributed by atoms with Crippen molar-refractivity contribution in [2.45, 2.75) is 38.5 Å². The van der Waals surface area contributed by atoms with Gasteiger partial charge in [-0.15, -0.1) is 0 Å². The van der Waals surface area contributed by atoms with E-state index >= 15 is 0 Å². The van der Waals surface area contributed by atoms with Crippen LogP contribution in [0.25, 0.3) is 89.8 Å². The summed E-state index contributed by atoms with van der Waals surface area (Å²) >= 11 is 0. The highest BCUT2D eigenvalue weighted by molar-refractivity contribution is 5.90. The number of benzene rings is 8. The van der Waals surface area contributed by atoms with E-state index in [0.29, 0.717) is 17.5 Å². The minimum Gasteiger partial charge on any atom is -0.208 e. The van der Waals surface area contributed by atoms with E-state index in [4.69, 9.17) is 15.0 Å². The normalized spacial score (nSPS) is 13.9. The van der Waals surface area contributed by atoms with Gasteiger partial charge in [0.25, 0.3) is 0 Å². The second kappa shape index (κ2) is 13.7. The monoisotopic (exact) mass is 769 g/mol. The van der Waals surface area contributed by atoms with Gasteiger partial charge >= 0.3 is 0 Å². The maximum Gasteiger partial charge on any atom is 0.164 e. The first-order chi connectivity index (χ1) is 29.2. The standard InChI is InChI=1S/C57H43N3/c1-56(2)49-21-12-11-20-45(49)47-34-52-48(35-51(47)56)46-31-30-43(33-50(46)57(52,3)4)39-24-22-38(23-25-39)42-18-13-19-44(32-42)55-59-53(40-16-9-6-10-17-40)58-54(60-55)41-28-26-37(27-29-41)36-14-7-5-8-15-36/h5-35H,1-4H3. The van der Waals surface area contributed by atoms with Gasteiger partial charge in [-0.2, -0.15) is 0 Å². The summed E-state index contributed by atoms with van der Waals surface area (Å²) in [7, 11) is 0. The molecule has 0 bridgehead atoms. The van der Waals surface area contributed by atoms with E-state index in [1.807, 2.05) is 36.4 Å². The first-order valence-electron chi connectivity index (χ1n) is 20.8. The zero-order chi connectivity index (χ0) is 40.6. The number of rotatable bonds is 6. The maximum atomic E-state index is 5.06. The van der Waals surface area contributed by atoms with Crippen molar-refractivity contribution in [2.75, 3.05) is 0 Å². The van der Waals surface area contributed by atoms with Crippen LogP contribution in [-0.2, 0) is 10.8 Å². The molecule has 286 valence electrons. The van der Waals surface area contributed by atoms with E-state index in [1.165, 1.54) is 61.2 Å². The maximum absolute atomic E-state index is 5.06. The molecule has 3 heteroatoms. The smallest absolute Gasteiger partial charge is 0.164 e. The minimum absolute atomic E-state index is 0.0235. The lowest BCUT2D eigenvalue weighted by Crippen LogP contribution is -2.17. The molecule has 0 atom stereocenters. The van der Waals surface area contributed by atoms with E-state index < -0.39 is 0 Å². The number of aromatic nitrogens is 3. The van der Waals surface area contributed by atoms with Crippen molar-refractivity contribution in [3.8, 4) is 89.8 Å². The molecular weight excluding hydrogens is 727 g/mol. The highest BCUT2D eigenvalue weighted by atomic mass is 15.0. The lowest BCUT2D eigenvalue weighted by Gasteiger charge is -2.24. The van der Waals surface area contributed by atoms with E-state index in [2.05, 4.69) is 179 Å². The summed E-state index contributed by atoms with van der Waals surface area (Å²) in [6.07, 6.45) is 0. The van der Waals surface area contributed by atoms with Gasteiger partial charge in [-0.05, 0) is 102 Å². The van der Waals surface area contributed by atoms with Crippen LogP contribution in [0.1, 0.15) is 49.9 Å². The van der Waals surface area contributed by atoms with Crippen molar-refractivity contribution in [3.63, 3.8) is 0 Å². The molecular formula is C57H43N3.